The van der Waals surface area contributed by atoms with Gasteiger partial charge in [0.15, 0.2) is 0 Å². The van der Waals surface area contributed by atoms with Gasteiger partial charge in [-0.2, -0.15) is 0 Å². The second-order valence-electron chi connectivity index (χ2n) is 6.14. The van der Waals surface area contributed by atoms with E-state index < -0.39 is 0 Å². The Hall–Kier alpha value is -1.35. The van der Waals surface area contributed by atoms with Crippen LogP contribution in [-0.2, 0) is 4.79 Å². The van der Waals surface area contributed by atoms with Crippen LogP contribution >= 0.6 is 0 Å². The van der Waals surface area contributed by atoms with E-state index in [0.717, 1.165) is 18.4 Å². The van der Waals surface area contributed by atoms with Gasteiger partial charge in [-0.1, -0.05) is 49.6 Å². The van der Waals surface area contributed by atoms with Gasteiger partial charge in [0.25, 0.3) is 0 Å². The number of benzene rings is 1. The van der Waals surface area contributed by atoms with Gasteiger partial charge in [0.2, 0.25) is 5.91 Å². The Morgan fingerprint density at radius 1 is 1.25 bits per heavy atom. The molecule has 0 saturated heterocycles. The van der Waals surface area contributed by atoms with E-state index in [-0.39, 0.29) is 17.4 Å². The minimum absolute atomic E-state index is 0.0404. The summed E-state index contributed by atoms with van der Waals surface area (Å²) in [6.07, 6.45) is 6.45. The van der Waals surface area contributed by atoms with Gasteiger partial charge >= 0.3 is 0 Å². The molecule has 1 aliphatic carbocycles. The molecule has 2 rings (SSSR count). The van der Waals surface area contributed by atoms with Gasteiger partial charge < -0.3 is 11.1 Å². The summed E-state index contributed by atoms with van der Waals surface area (Å²) in [5.41, 5.74) is 7.13. The molecule has 1 saturated carbocycles. The molecule has 1 fully saturated rings. The molecule has 1 atom stereocenters. The fraction of sp³-hybridized carbons (Fsp3) is 0.588. The van der Waals surface area contributed by atoms with E-state index in [9.17, 15) is 4.79 Å². The lowest BCUT2D eigenvalue weighted by Crippen LogP contribution is -2.39. The van der Waals surface area contributed by atoms with Gasteiger partial charge in [0.05, 0.1) is 6.04 Å². The minimum Gasteiger partial charge on any atom is -0.350 e. The van der Waals surface area contributed by atoms with Crippen LogP contribution in [0.4, 0.5) is 0 Å². The zero-order chi connectivity index (χ0) is 14.4. The van der Waals surface area contributed by atoms with Crippen LogP contribution in [0.15, 0.2) is 30.3 Å². The maximum atomic E-state index is 12.3. The van der Waals surface area contributed by atoms with Crippen molar-refractivity contribution in [3.05, 3.63) is 35.9 Å². The smallest absolute Gasteiger partial charge is 0.221 e. The van der Waals surface area contributed by atoms with Gasteiger partial charge in [0.1, 0.15) is 0 Å². The van der Waals surface area contributed by atoms with Crippen LogP contribution in [0.5, 0.6) is 0 Å². The highest BCUT2D eigenvalue weighted by Gasteiger charge is 2.33. The third kappa shape index (κ3) is 3.83. The summed E-state index contributed by atoms with van der Waals surface area (Å²) in [5.74, 6) is 0.133. The number of hydrogen-bond acceptors (Lipinski definition) is 2. The molecule has 3 heteroatoms. The zero-order valence-corrected chi connectivity index (χ0v) is 12.4. The Morgan fingerprint density at radius 2 is 1.90 bits per heavy atom. The Labute approximate surface area is 121 Å². The van der Waals surface area contributed by atoms with Gasteiger partial charge in [-0.15, -0.1) is 0 Å². The first-order chi connectivity index (χ1) is 9.65. The van der Waals surface area contributed by atoms with Gasteiger partial charge in [-0.3, -0.25) is 4.79 Å². The second kappa shape index (κ2) is 6.89. The van der Waals surface area contributed by atoms with Crippen molar-refractivity contribution in [2.75, 3.05) is 6.54 Å². The molecule has 1 aromatic carbocycles. The molecule has 3 N–H and O–H groups in total. The molecule has 1 aliphatic rings. The topological polar surface area (TPSA) is 55.1 Å². The monoisotopic (exact) mass is 274 g/mol. The highest BCUT2D eigenvalue weighted by atomic mass is 16.1. The predicted molar refractivity (Wildman–Crippen MR) is 82.2 cm³/mol. The third-order valence-corrected chi connectivity index (χ3v) is 4.56. The molecule has 0 heterocycles. The SMILES string of the molecule is CC(NC(=O)CC1(CN)CCCCC1)c1ccccc1. The van der Waals surface area contributed by atoms with Crippen molar-refractivity contribution in [3.63, 3.8) is 0 Å². The van der Waals surface area contributed by atoms with Crippen molar-refractivity contribution in [2.24, 2.45) is 11.1 Å². The highest BCUT2D eigenvalue weighted by Crippen LogP contribution is 2.38. The first-order valence-corrected chi connectivity index (χ1v) is 7.70. The van der Waals surface area contributed by atoms with Crippen molar-refractivity contribution in [3.8, 4) is 0 Å². The van der Waals surface area contributed by atoms with E-state index in [1.165, 1.54) is 19.3 Å². The predicted octanol–water partition coefficient (Wildman–Crippen LogP) is 3.16. The van der Waals surface area contributed by atoms with Gasteiger partial charge in [-0.05, 0) is 37.3 Å². The summed E-state index contributed by atoms with van der Waals surface area (Å²) in [5, 5.41) is 3.11. The summed E-state index contributed by atoms with van der Waals surface area (Å²) in [4.78, 5) is 12.3. The number of carbonyl (C=O) groups excluding carboxylic acids is 1. The number of amides is 1. The number of nitrogens with one attached hydrogen (secondary N) is 1. The molecule has 1 aromatic rings. The molecule has 3 nitrogen and oxygen atoms in total. The van der Waals surface area contributed by atoms with Crippen LogP contribution in [0.3, 0.4) is 0 Å². The van der Waals surface area contributed by atoms with Crippen molar-refractivity contribution in [1.82, 2.24) is 5.32 Å². The highest BCUT2D eigenvalue weighted by molar-refractivity contribution is 5.77. The van der Waals surface area contributed by atoms with E-state index in [4.69, 9.17) is 5.73 Å². The van der Waals surface area contributed by atoms with Crippen LogP contribution in [0, 0.1) is 5.41 Å². The lowest BCUT2D eigenvalue weighted by Gasteiger charge is -2.36. The van der Waals surface area contributed by atoms with Gasteiger partial charge in [-0.25, -0.2) is 0 Å². The summed E-state index contributed by atoms with van der Waals surface area (Å²) in [6, 6.07) is 10.1. The summed E-state index contributed by atoms with van der Waals surface area (Å²) >= 11 is 0. The summed E-state index contributed by atoms with van der Waals surface area (Å²) in [6.45, 7) is 2.66. The van der Waals surface area contributed by atoms with E-state index >= 15 is 0 Å². The van der Waals surface area contributed by atoms with Crippen molar-refractivity contribution < 1.29 is 4.79 Å². The molecular formula is C17H26N2O. The average Bonchev–Trinajstić information content (AvgIpc) is 2.49. The molecule has 0 aromatic heterocycles. The lowest BCUT2D eigenvalue weighted by atomic mass is 9.71. The van der Waals surface area contributed by atoms with Crippen molar-refractivity contribution >= 4 is 5.91 Å². The normalized spacial score (nSPS) is 19.3. The largest absolute Gasteiger partial charge is 0.350 e. The zero-order valence-electron chi connectivity index (χ0n) is 12.4. The molecule has 0 aliphatic heterocycles. The van der Waals surface area contributed by atoms with Crippen LogP contribution in [-0.4, -0.2) is 12.5 Å². The molecule has 0 spiro atoms. The van der Waals surface area contributed by atoms with Crippen LogP contribution in [0.2, 0.25) is 0 Å². The first kappa shape index (κ1) is 15.0. The van der Waals surface area contributed by atoms with E-state index in [1.54, 1.807) is 0 Å². The molecule has 1 amide bonds. The van der Waals surface area contributed by atoms with Crippen LogP contribution in [0.1, 0.15) is 57.1 Å². The van der Waals surface area contributed by atoms with Crippen LogP contribution in [0.25, 0.3) is 0 Å². The maximum Gasteiger partial charge on any atom is 0.221 e. The van der Waals surface area contributed by atoms with Crippen LogP contribution < -0.4 is 11.1 Å². The lowest BCUT2D eigenvalue weighted by molar-refractivity contribution is -0.124. The Kier molecular flexibility index (Phi) is 5.18. The first-order valence-electron chi connectivity index (χ1n) is 7.70. The van der Waals surface area contributed by atoms with E-state index in [2.05, 4.69) is 5.32 Å². The van der Waals surface area contributed by atoms with Crippen molar-refractivity contribution in [1.29, 1.82) is 0 Å². The van der Waals surface area contributed by atoms with E-state index in [1.807, 2.05) is 37.3 Å². The summed E-state index contributed by atoms with van der Waals surface area (Å²) in [7, 11) is 0. The quantitative estimate of drug-likeness (QED) is 0.866. The average molecular weight is 274 g/mol. The Bertz CT molecular complexity index is 424. The fourth-order valence-corrected chi connectivity index (χ4v) is 3.21. The van der Waals surface area contributed by atoms with Crippen molar-refractivity contribution in [2.45, 2.75) is 51.5 Å². The maximum absolute atomic E-state index is 12.3. The van der Waals surface area contributed by atoms with E-state index in [0.29, 0.717) is 13.0 Å². The minimum atomic E-state index is 0.0404. The molecular weight excluding hydrogens is 248 g/mol. The molecule has 1 unspecified atom stereocenters. The Balaban J connectivity index is 1.91. The third-order valence-electron chi connectivity index (χ3n) is 4.56. The molecule has 0 radical (unpaired) electrons. The number of carbonyl (C=O) groups is 1. The molecule has 20 heavy (non-hydrogen) atoms. The summed E-state index contributed by atoms with van der Waals surface area (Å²) < 4.78 is 0. The molecule has 0 bridgehead atoms. The fourth-order valence-electron chi connectivity index (χ4n) is 3.21. The standard InChI is InChI=1S/C17H26N2O/c1-14(15-8-4-2-5-9-15)19-16(20)12-17(13-18)10-6-3-7-11-17/h2,4-5,8-9,14H,3,6-7,10-13,18H2,1H3,(H,19,20). The van der Waals surface area contributed by atoms with Gasteiger partial charge in [0, 0.05) is 6.42 Å². The Morgan fingerprint density at radius 3 is 2.50 bits per heavy atom. The molecule has 110 valence electrons. The number of hydrogen-bond donors (Lipinski definition) is 2. The number of rotatable bonds is 5. The second-order valence-corrected chi connectivity index (χ2v) is 6.14. The number of nitrogens with two attached hydrogens (primary N) is 1.